The molecule has 2 aromatic carbocycles. The van der Waals surface area contributed by atoms with Gasteiger partial charge in [0, 0.05) is 43.5 Å². The summed E-state index contributed by atoms with van der Waals surface area (Å²) in [6.07, 6.45) is 0. The molecule has 2 aromatic rings. The minimum absolute atomic E-state index is 0.00334. The molecule has 130 valence electrons. The van der Waals surface area contributed by atoms with Gasteiger partial charge in [-0.25, -0.2) is 0 Å². The number of nitrogens with zero attached hydrogens (tertiary/aromatic N) is 2. The highest BCUT2D eigenvalue weighted by Crippen LogP contribution is 2.31. The number of nitro benzene ring substituents is 1. The van der Waals surface area contributed by atoms with E-state index in [9.17, 15) is 14.9 Å². The van der Waals surface area contributed by atoms with E-state index in [0.717, 1.165) is 31.7 Å². The molecule has 0 aliphatic carbocycles. The van der Waals surface area contributed by atoms with E-state index >= 15 is 0 Å². The van der Waals surface area contributed by atoms with Gasteiger partial charge in [-0.15, -0.1) is 0 Å². The first-order valence-corrected chi connectivity index (χ1v) is 8.17. The molecule has 1 saturated heterocycles. The molecule has 0 unspecified atom stereocenters. The van der Waals surface area contributed by atoms with Crippen molar-refractivity contribution in [1.29, 1.82) is 0 Å². The molecule has 0 aromatic heterocycles. The Morgan fingerprint density at radius 1 is 1.16 bits per heavy atom. The van der Waals surface area contributed by atoms with Crippen molar-refractivity contribution in [2.45, 2.75) is 6.92 Å². The maximum Gasteiger partial charge on any atom is 0.294 e. The van der Waals surface area contributed by atoms with E-state index in [2.05, 4.69) is 10.6 Å². The second-order valence-electron chi connectivity index (χ2n) is 6.02. The van der Waals surface area contributed by atoms with Gasteiger partial charge in [-0.3, -0.25) is 14.9 Å². The van der Waals surface area contributed by atoms with Crippen LogP contribution in [0, 0.1) is 17.0 Å². The predicted molar refractivity (Wildman–Crippen MR) is 97.3 cm³/mol. The maximum absolute atomic E-state index is 12.3. The lowest BCUT2D eigenvalue weighted by molar-refractivity contribution is -0.384. The molecule has 7 heteroatoms. The summed E-state index contributed by atoms with van der Waals surface area (Å²) < 4.78 is 0. The number of nitro groups is 1. The molecule has 3 rings (SSSR count). The summed E-state index contributed by atoms with van der Waals surface area (Å²) in [4.78, 5) is 25.3. The van der Waals surface area contributed by atoms with Crippen molar-refractivity contribution < 1.29 is 9.72 Å². The SMILES string of the molecule is Cc1ccc(C(=O)Nc2ccc(N3CCNCC3)c([N+](=O)[O-])c2)cc1. The van der Waals surface area contributed by atoms with Crippen LogP contribution < -0.4 is 15.5 Å². The van der Waals surface area contributed by atoms with Crippen LogP contribution in [-0.4, -0.2) is 37.0 Å². The largest absolute Gasteiger partial charge is 0.363 e. The van der Waals surface area contributed by atoms with Gasteiger partial charge in [0.1, 0.15) is 5.69 Å². The van der Waals surface area contributed by atoms with Gasteiger partial charge in [-0.1, -0.05) is 17.7 Å². The molecule has 7 nitrogen and oxygen atoms in total. The van der Waals surface area contributed by atoms with Crippen LogP contribution in [0.3, 0.4) is 0 Å². The number of benzene rings is 2. The highest BCUT2D eigenvalue weighted by molar-refractivity contribution is 6.04. The smallest absolute Gasteiger partial charge is 0.294 e. The number of hydrogen-bond acceptors (Lipinski definition) is 5. The highest BCUT2D eigenvalue weighted by Gasteiger charge is 2.22. The quantitative estimate of drug-likeness (QED) is 0.660. The van der Waals surface area contributed by atoms with Gasteiger partial charge in [0.2, 0.25) is 0 Å². The zero-order valence-electron chi connectivity index (χ0n) is 14.0. The third-order valence-corrected chi connectivity index (χ3v) is 4.20. The summed E-state index contributed by atoms with van der Waals surface area (Å²) in [5.41, 5.74) is 2.58. The summed E-state index contributed by atoms with van der Waals surface area (Å²) in [5.74, 6) is -0.288. The summed E-state index contributed by atoms with van der Waals surface area (Å²) in [5, 5.41) is 17.4. The van der Waals surface area contributed by atoms with E-state index in [1.807, 2.05) is 24.0 Å². The summed E-state index contributed by atoms with van der Waals surface area (Å²) in [6.45, 7) is 4.97. The molecule has 0 bridgehead atoms. The van der Waals surface area contributed by atoms with Crippen molar-refractivity contribution >= 4 is 23.0 Å². The second kappa shape index (κ2) is 7.31. The molecule has 25 heavy (non-hydrogen) atoms. The Morgan fingerprint density at radius 2 is 1.84 bits per heavy atom. The number of nitrogens with one attached hydrogen (secondary N) is 2. The van der Waals surface area contributed by atoms with Gasteiger partial charge in [0.15, 0.2) is 0 Å². The Balaban J connectivity index is 1.82. The number of carbonyl (C=O) groups excluding carboxylic acids is 1. The van der Waals surface area contributed by atoms with Crippen LogP contribution in [0.2, 0.25) is 0 Å². The first-order valence-electron chi connectivity index (χ1n) is 8.17. The van der Waals surface area contributed by atoms with E-state index in [4.69, 9.17) is 0 Å². The molecule has 1 aliphatic heterocycles. The zero-order valence-corrected chi connectivity index (χ0v) is 14.0. The summed E-state index contributed by atoms with van der Waals surface area (Å²) in [6, 6.07) is 12.0. The molecule has 2 N–H and O–H groups in total. The number of amides is 1. The van der Waals surface area contributed by atoms with E-state index in [-0.39, 0.29) is 11.6 Å². The van der Waals surface area contributed by atoms with Crippen molar-refractivity contribution in [2.75, 3.05) is 36.4 Å². The number of hydrogen-bond donors (Lipinski definition) is 2. The Morgan fingerprint density at radius 3 is 2.48 bits per heavy atom. The van der Waals surface area contributed by atoms with Crippen molar-refractivity contribution in [3.05, 3.63) is 63.7 Å². The molecule has 1 aliphatic rings. The van der Waals surface area contributed by atoms with Gasteiger partial charge < -0.3 is 15.5 Å². The van der Waals surface area contributed by atoms with Crippen LogP contribution in [0.15, 0.2) is 42.5 Å². The average Bonchev–Trinajstić information content (AvgIpc) is 2.63. The molecule has 0 atom stereocenters. The van der Waals surface area contributed by atoms with Crippen LogP contribution in [0.5, 0.6) is 0 Å². The molecule has 0 saturated carbocycles. The van der Waals surface area contributed by atoms with E-state index in [0.29, 0.717) is 16.9 Å². The van der Waals surface area contributed by atoms with Crippen molar-refractivity contribution in [2.24, 2.45) is 0 Å². The number of anilines is 2. The van der Waals surface area contributed by atoms with Crippen LogP contribution in [-0.2, 0) is 0 Å². The second-order valence-corrected chi connectivity index (χ2v) is 6.02. The van der Waals surface area contributed by atoms with Crippen LogP contribution in [0.1, 0.15) is 15.9 Å². The third-order valence-electron chi connectivity index (χ3n) is 4.20. The monoisotopic (exact) mass is 340 g/mol. The maximum atomic E-state index is 12.3. The lowest BCUT2D eigenvalue weighted by Crippen LogP contribution is -2.43. The lowest BCUT2D eigenvalue weighted by atomic mass is 10.1. The van der Waals surface area contributed by atoms with Gasteiger partial charge in [-0.05, 0) is 31.2 Å². The topological polar surface area (TPSA) is 87.5 Å². The molecule has 1 heterocycles. The molecule has 1 amide bonds. The first kappa shape index (κ1) is 16.9. The predicted octanol–water partition coefficient (Wildman–Crippen LogP) is 2.57. The van der Waals surface area contributed by atoms with Gasteiger partial charge >= 0.3 is 0 Å². The minimum Gasteiger partial charge on any atom is -0.363 e. The molecule has 0 radical (unpaired) electrons. The minimum atomic E-state index is -0.404. The van der Waals surface area contributed by atoms with Crippen LogP contribution in [0.4, 0.5) is 17.1 Å². The Kier molecular flexibility index (Phi) is 4.95. The average molecular weight is 340 g/mol. The molecule has 1 fully saturated rings. The Bertz CT molecular complexity index is 783. The Labute approximate surface area is 145 Å². The van der Waals surface area contributed by atoms with Gasteiger partial charge in [0.25, 0.3) is 11.6 Å². The fourth-order valence-corrected chi connectivity index (χ4v) is 2.83. The normalized spacial score (nSPS) is 14.2. The number of aryl methyl sites for hydroxylation is 1. The lowest BCUT2D eigenvalue weighted by Gasteiger charge is -2.29. The van der Waals surface area contributed by atoms with Crippen molar-refractivity contribution in [3.8, 4) is 0 Å². The third kappa shape index (κ3) is 3.95. The zero-order chi connectivity index (χ0) is 17.8. The molecular formula is C18H20N4O3. The van der Waals surface area contributed by atoms with Gasteiger partial charge in [-0.2, -0.15) is 0 Å². The Hall–Kier alpha value is -2.93. The number of carbonyl (C=O) groups is 1. The van der Waals surface area contributed by atoms with Crippen LogP contribution >= 0.6 is 0 Å². The van der Waals surface area contributed by atoms with Crippen LogP contribution in [0.25, 0.3) is 0 Å². The summed E-state index contributed by atoms with van der Waals surface area (Å²) in [7, 11) is 0. The van der Waals surface area contributed by atoms with Gasteiger partial charge in [0.05, 0.1) is 4.92 Å². The number of rotatable bonds is 4. The van der Waals surface area contributed by atoms with E-state index in [1.165, 1.54) is 6.07 Å². The fraction of sp³-hybridized carbons (Fsp3) is 0.278. The number of piperazine rings is 1. The van der Waals surface area contributed by atoms with E-state index in [1.54, 1.807) is 24.3 Å². The molecular weight excluding hydrogens is 320 g/mol. The first-order chi connectivity index (χ1) is 12.0. The highest BCUT2D eigenvalue weighted by atomic mass is 16.6. The standard InChI is InChI=1S/C18H20N4O3/c1-13-2-4-14(5-3-13)18(23)20-15-6-7-16(17(12-15)22(24)25)21-10-8-19-9-11-21/h2-7,12,19H,8-11H2,1H3,(H,20,23). The fourth-order valence-electron chi connectivity index (χ4n) is 2.83. The van der Waals surface area contributed by atoms with Crippen molar-refractivity contribution in [3.63, 3.8) is 0 Å². The summed E-state index contributed by atoms with van der Waals surface area (Å²) >= 11 is 0. The van der Waals surface area contributed by atoms with Crippen molar-refractivity contribution in [1.82, 2.24) is 5.32 Å². The van der Waals surface area contributed by atoms with E-state index < -0.39 is 4.92 Å². The molecule has 0 spiro atoms.